The number of carbonyl (C=O) groups excluding carboxylic acids is 2. The zero-order chi connectivity index (χ0) is 21.5. The van der Waals surface area contributed by atoms with E-state index in [9.17, 15) is 9.59 Å². The predicted octanol–water partition coefficient (Wildman–Crippen LogP) is 4.63. The van der Waals surface area contributed by atoms with Gasteiger partial charge in [-0.1, -0.05) is 77.9 Å². The van der Waals surface area contributed by atoms with Crippen LogP contribution >= 0.6 is 0 Å². The SMILES string of the molecule is CC(C)=C(C(=O)OCc1ccccc1)N1C(=O)[C@@H](N=[N+]=[N-])[C@H]1C=Cc1ccccc1. The van der Waals surface area contributed by atoms with Crippen LogP contribution in [-0.2, 0) is 20.9 Å². The number of azide groups is 1. The first kappa shape index (κ1) is 20.9. The Morgan fingerprint density at radius 3 is 2.37 bits per heavy atom. The quantitative estimate of drug-likeness (QED) is 0.169. The van der Waals surface area contributed by atoms with Gasteiger partial charge < -0.3 is 4.74 Å². The van der Waals surface area contributed by atoms with Gasteiger partial charge in [-0.15, -0.1) is 0 Å². The predicted molar refractivity (Wildman–Crippen MR) is 114 cm³/mol. The summed E-state index contributed by atoms with van der Waals surface area (Å²) in [4.78, 5) is 29.6. The van der Waals surface area contributed by atoms with Gasteiger partial charge in [0.25, 0.3) is 0 Å². The fourth-order valence-corrected chi connectivity index (χ4v) is 3.23. The molecule has 0 saturated carbocycles. The Hall–Kier alpha value is -3.83. The summed E-state index contributed by atoms with van der Waals surface area (Å²) < 4.78 is 5.44. The molecule has 7 heteroatoms. The Morgan fingerprint density at radius 1 is 1.13 bits per heavy atom. The van der Waals surface area contributed by atoms with Crippen LogP contribution in [0.4, 0.5) is 0 Å². The maximum Gasteiger partial charge on any atom is 0.355 e. The third kappa shape index (κ3) is 4.59. The number of allylic oxidation sites excluding steroid dienone is 1. The Labute approximate surface area is 174 Å². The molecule has 2 atom stereocenters. The molecule has 3 rings (SSSR count). The number of ether oxygens (including phenoxy) is 1. The number of benzene rings is 2. The number of nitrogens with zero attached hydrogens (tertiary/aromatic N) is 4. The van der Waals surface area contributed by atoms with E-state index in [0.717, 1.165) is 11.1 Å². The van der Waals surface area contributed by atoms with Gasteiger partial charge in [-0.2, -0.15) is 0 Å². The van der Waals surface area contributed by atoms with Gasteiger partial charge in [0.1, 0.15) is 18.3 Å². The van der Waals surface area contributed by atoms with E-state index in [1.54, 1.807) is 19.9 Å². The van der Waals surface area contributed by atoms with Crippen LogP contribution in [0, 0.1) is 0 Å². The molecule has 7 nitrogen and oxygen atoms in total. The molecular weight excluding hydrogens is 380 g/mol. The topological polar surface area (TPSA) is 95.4 Å². The minimum absolute atomic E-state index is 0.1000. The highest BCUT2D eigenvalue weighted by Gasteiger charge is 2.49. The van der Waals surface area contributed by atoms with Gasteiger partial charge in [-0.3, -0.25) is 9.69 Å². The molecule has 0 aromatic heterocycles. The molecule has 1 heterocycles. The fourth-order valence-electron chi connectivity index (χ4n) is 3.23. The molecule has 0 N–H and O–H groups in total. The molecule has 1 aliphatic heterocycles. The normalized spacial score (nSPS) is 17.8. The lowest BCUT2D eigenvalue weighted by molar-refractivity contribution is -0.152. The van der Waals surface area contributed by atoms with E-state index >= 15 is 0 Å². The monoisotopic (exact) mass is 402 g/mol. The molecule has 1 saturated heterocycles. The summed E-state index contributed by atoms with van der Waals surface area (Å²) in [5.41, 5.74) is 11.4. The second-order valence-corrected chi connectivity index (χ2v) is 7.03. The van der Waals surface area contributed by atoms with Gasteiger partial charge in [0.2, 0.25) is 5.91 Å². The average molecular weight is 402 g/mol. The second-order valence-electron chi connectivity index (χ2n) is 7.03. The lowest BCUT2D eigenvalue weighted by Crippen LogP contribution is -2.63. The van der Waals surface area contributed by atoms with Gasteiger partial charge in [-0.25, -0.2) is 4.79 Å². The van der Waals surface area contributed by atoms with Crippen molar-refractivity contribution in [3.05, 3.63) is 99.6 Å². The van der Waals surface area contributed by atoms with E-state index in [4.69, 9.17) is 10.3 Å². The van der Waals surface area contributed by atoms with Crippen LogP contribution in [0.2, 0.25) is 0 Å². The lowest BCUT2D eigenvalue weighted by atomic mass is 9.92. The number of hydrogen-bond acceptors (Lipinski definition) is 4. The van der Waals surface area contributed by atoms with Crippen molar-refractivity contribution in [2.24, 2.45) is 5.11 Å². The van der Waals surface area contributed by atoms with Crippen molar-refractivity contribution in [2.45, 2.75) is 32.5 Å². The molecular formula is C23H22N4O3. The van der Waals surface area contributed by atoms with E-state index in [0.29, 0.717) is 5.57 Å². The molecule has 0 aliphatic carbocycles. The first-order valence-corrected chi connectivity index (χ1v) is 9.52. The van der Waals surface area contributed by atoms with Crippen LogP contribution in [0.15, 0.2) is 83.1 Å². The molecule has 30 heavy (non-hydrogen) atoms. The van der Waals surface area contributed by atoms with Crippen molar-refractivity contribution in [3.8, 4) is 0 Å². The van der Waals surface area contributed by atoms with Crippen molar-refractivity contribution < 1.29 is 14.3 Å². The number of likely N-dealkylation sites (tertiary alicyclic amines) is 1. The average Bonchev–Trinajstić information content (AvgIpc) is 2.77. The molecule has 1 amide bonds. The van der Waals surface area contributed by atoms with Gasteiger partial charge >= 0.3 is 5.97 Å². The first-order chi connectivity index (χ1) is 14.5. The molecule has 2 aromatic rings. The Bertz CT molecular complexity index is 1020. The lowest BCUT2D eigenvalue weighted by Gasteiger charge is -2.44. The number of hydrogen-bond donors (Lipinski definition) is 0. The van der Waals surface area contributed by atoms with Crippen molar-refractivity contribution in [3.63, 3.8) is 0 Å². The standard InChI is InChI=1S/C23H22N4O3/c1-16(2)21(23(29)30-15-18-11-7-4-8-12-18)27-19(20(22(27)28)25-26-24)14-13-17-9-5-3-6-10-17/h3-14,19-20H,15H2,1-2H3/t19-,20+/m1/s1. The van der Waals surface area contributed by atoms with Crippen molar-refractivity contribution in [1.29, 1.82) is 0 Å². The van der Waals surface area contributed by atoms with Crippen LogP contribution < -0.4 is 0 Å². The summed E-state index contributed by atoms with van der Waals surface area (Å²) in [5.74, 6) is -1.02. The number of esters is 1. The van der Waals surface area contributed by atoms with Crippen molar-refractivity contribution >= 4 is 18.0 Å². The highest BCUT2D eigenvalue weighted by Crippen LogP contribution is 2.32. The zero-order valence-electron chi connectivity index (χ0n) is 16.8. The molecule has 0 spiro atoms. The molecule has 0 radical (unpaired) electrons. The Balaban J connectivity index is 1.83. The van der Waals surface area contributed by atoms with Gasteiger partial charge in [0.05, 0.1) is 6.04 Å². The number of amides is 1. The summed E-state index contributed by atoms with van der Waals surface area (Å²) in [7, 11) is 0. The number of rotatable bonds is 7. The van der Waals surface area contributed by atoms with Crippen LogP contribution in [0.5, 0.6) is 0 Å². The van der Waals surface area contributed by atoms with E-state index in [2.05, 4.69) is 10.0 Å². The highest BCUT2D eigenvalue weighted by molar-refractivity contribution is 6.01. The Kier molecular flexibility index (Phi) is 6.67. The highest BCUT2D eigenvalue weighted by atomic mass is 16.5. The number of β-lactam (4-membered cyclic amide) rings is 1. The summed E-state index contributed by atoms with van der Waals surface area (Å²) in [6, 6.07) is 17.4. The van der Waals surface area contributed by atoms with E-state index in [1.165, 1.54) is 4.90 Å². The summed E-state index contributed by atoms with van der Waals surface area (Å²) in [5, 5.41) is 3.61. The second kappa shape index (κ2) is 9.58. The molecule has 152 valence electrons. The molecule has 2 aromatic carbocycles. The number of carbonyl (C=O) groups is 2. The minimum Gasteiger partial charge on any atom is -0.456 e. The zero-order valence-corrected chi connectivity index (χ0v) is 16.8. The largest absolute Gasteiger partial charge is 0.456 e. The van der Waals surface area contributed by atoms with Crippen LogP contribution in [0.25, 0.3) is 16.5 Å². The molecule has 1 fully saturated rings. The third-order valence-electron chi connectivity index (χ3n) is 4.69. The molecule has 0 bridgehead atoms. The van der Waals surface area contributed by atoms with Gasteiger partial charge in [-0.05, 0) is 36.1 Å². The fraction of sp³-hybridized carbons (Fsp3) is 0.217. The summed E-state index contributed by atoms with van der Waals surface area (Å²) in [6.07, 6.45) is 3.60. The maximum atomic E-state index is 12.8. The molecule has 1 aliphatic rings. The van der Waals surface area contributed by atoms with E-state index < -0.39 is 24.0 Å². The van der Waals surface area contributed by atoms with Crippen LogP contribution in [-0.4, -0.2) is 28.9 Å². The van der Waals surface area contributed by atoms with Gasteiger partial charge in [0.15, 0.2) is 0 Å². The van der Waals surface area contributed by atoms with Gasteiger partial charge in [0, 0.05) is 4.91 Å². The first-order valence-electron chi connectivity index (χ1n) is 9.52. The van der Waals surface area contributed by atoms with E-state index in [-0.39, 0.29) is 12.3 Å². The van der Waals surface area contributed by atoms with E-state index in [1.807, 2.05) is 66.7 Å². The van der Waals surface area contributed by atoms with Crippen LogP contribution in [0.1, 0.15) is 25.0 Å². The smallest absolute Gasteiger partial charge is 0.355 e. The third-order valence-corrected chi connectivity index (χ3v) is 4.69. The minimum atomic E-state index is -0.897. The van der Waals surface area contributed by atoms with Crippen molar-refractivity contribution in [2.75, 3.05) is 0 Å². The molecule has 0 unspecified atom stereocenters. The van der Waals surface area contributed by atoms with Crippen molar-refractivity contribution in [1.82, 2.24) is 4.90 Å². The maximum absolute atomic E-state index is 12.8. The summed E-state index contributed by atoms with van der Waals surface area (Å²) in [6.45, 7) is 3.58. The van der Waals surface area contributed by atoms with Crippen LogP contribution in [0.3, 0.4) is 0 Å². The Morgan fingerprint density at radius 2 is 1.77 bits per heavy atom. The summed E-state index contributed by atoms with van der Waals surface area (Å²) >= 11 is 0.